The molecule has 5 N–H and O–H groups in total. The molecule has 1 aromatic carbocycles. The van der Waals surface area contributed by atoms with Crippen molar-refractivity contribution in [1.29, 1.82) is 0 Å². The van der Waals surface area contributed by atoms with Crippen molar-refractivity contribution in [3.05, 3.63) is 52.1 Å². The normalized spacial score (nSPS) is 12.0. The van der Waals surface area contributed by atoms with Crippen LogP contribution in [0.4, 0.5) is 0 Å². The Balaban J connectivity index is 1.92. The summed E-state index contributed by atoms with van der Waals surface area (Å²) in [5.74, 6) is -1.58. The van der Waals surface area contributed by atoms with Gasteiger partial charge in [-0.3, -0.25) is 19.4 Å². The van der Waals surface area contributed by atoms with E-state index >= 15 is 0 Å². The van der Waals surface area contributed by atoms with Crippen LogP contribution in [0.1, 0.15) is 48.8 Å². The predicted molar refractivity (Wildman–Crippen MR) is 102 cm³/mol. The number of nitrogens with one attached hydrogen (secondary N) is 3. The lowest BCUT2D eigenvalue weighted by Gasteiger charge is -2.19. The lowest BCUT2D eigenvalue weighted by atomic mass is 10.0. The van der Waals surface area contributed by atoms with E-state index in [0.717, 1.165) is 4.57 Å². The van der Waals surface area contributed by atoms with E-state index in [9.17, 15) is 19.5 Å². The van der Waals surface area contributed by atoms with Crippen molar-refractivity contribution in [2.24, 2.45) is 5.92 Å². The molecule has 152 valence electrons. The summed E-state index contributed by atoms with van der Waals surface area (Å²) in [6.07, 6.45) is 1.64. The maximum Gasteiger partial charge on any atom is 0.329 e. The van der Waals surface area contributed by atoms with Gasteiger partial charge in [-0.2, -0.15) is 0 Å². The third-order valence-corrected chi connectivity index (χ3v) is 4.44. The number of unbranched alkanes of at least 4 members (excludes halogenated alkanes) is 1. The van der Waals surface area contributed by atoms with Crippen molar-refractivity contribution in [2.75, 3.05) is 6.54 Å². The molecule has 1 heterocycles. The molecule has 0 aliphatic heterocycles. The van der Waals surface area contributed by atoms with Gasteiger partial charge in [-0.1, -0.05) is 32.0 Å². The second kappa shape index (κ2) is 9.75. The zero-order chi connectivity index (χ0) is 20.7. The van der Waals surface area contributed by atoms with Crippen LogP contribution in [-0.2, 0) is 11.2 Å². The van der Waals surface area contributed by atoms with Gasteiger partial charge in [0.2, 0.25) is 5.88 Å². The summed E-state index contributed by atoms with van der Waals surface area (Å²) in [7, 11) is 0. The van der Waals surface area contributed by atoms with Gasteiger partial charge in [-0.05, 0) is 37.3 Å². The Labute approximate surface area is 162 Å². The highest BCUT2D eigenvalue weighted by molar-refractivity contribution is 5.94. The number of hydrogen-bond donors (Lipinski definition) is 5. The van der Waals surface area contributed by atoms with Gasteiger partial charge in [-0.25, -0.2) is 10.3 Å². The van der Waals surface area contributed by atoms with Crippen molar-refractivity contribution in [2.45, 2.75) is 39.2 Å². The van der Waals surface area contributed by atoms with Crippen molar-refractivity contribution in [3.63, 3.8) is 0 Å². The largest absolute Gasteiger partial charge is 0.493 e. The van der Waals surface area contributed by atoms with Crippen LogP contribution in [0.5, 0.6) is 5.88 Å². The minimum absolute atomic E-state index is 0.155. The summed E-state index contributed by atoms with van der Waals surface area (Å²) in [5, 5.41) is 22.1. The monoisotopic (exact) mass is 390 g/mol. The molecular weight excluding hydrogens is 364 g/mol. The van der Waals surface area contributed by atoms with Crippen LogP contribution in [0.25, 0.3) is 0 Å². The number of imidazole rings is 1. The van der Waals surface area contributed by atoms with E-state index < -0.39 is 17.6 Å². The predicted octanol–water partition coefficient (Wildman–Crippen LogP) is 1.34. The molecule has 28 heavy (non-hydrogen) atoms. The number of amides is 2. The molecule has 1 atom stereocenters. The second-order valence-electron chi connectivity index (χ2n) is 6.85. The third-order valence-electron chi connectivity index (χ3n) is 4.44. The lowest BCUT2D eigenvalue weighted by Crippen LogP contribution is -2.37. The number of benzene rings is 1. The van der Waals surface area contributed by atoms with E-state index in [0.29, 0.717) is 37.1 Å². The van der Waals surface area contributed by atoms with Crippen molar-refractivity contribution in [1.82, 2.24) is 20.3 Å². The van der Waals surface area contributed by atoms with E-state index in [1.165, 1.54) is 5.48 Å². The fraction of sp³-hybridized carbons (Fsp3) is 0.421. The van der Waals surface area contributed by atoms with Gasteiger partial charge in [-0.15, -0.1) is 0 Å². The maximum absolute atomic E-state index is 12.2. The molecule has 1 aromatic heterocycles. The average Bonchev–Trinajstić information content (AvgIpc) is 2.96. The molecule has 0 unspecified atom stereocenters. The number of aryl methyl sites for hydroxylation is 1. The van der Waals surface area contributed by atoms with Crippen molar-refractivity contribution >= 4 is 11.8 Å². The molecule has 0 radical (unpaired) electrons. The number of hydrogen-bond acceptors (Lipinski definition) is 5. The number of nitrogens with zero attached hydrogens (tertiary/aromatic N) is 1. The highest BCUT2D eigenvalue weighted by atomic mass is 16.5. The topological polar surface area (TPSA) is 136 Å². The van der Waals surface area contributed by atoms with E-state index in [-0.39, 0.29) is 17.7 Å². The smallest absolute Gasteiger partial charge is 0.329 e. The number of aromatic hydroxyl groups is 1. The quantitative estimate of drug-likeness (QED) is 0.250. The van der Waals surface area contributed by atoms with Crippen molar-refractivity contribution in [3.8, 4) is 5.88 Å². The second-order valence-corrected chi connectivity index (χ2v) is 6.85. The van der Waals surface area contributed by atoms with Crippen LogP contribution in [-0.4, -0.2) is 38.2 Å². The Morgan fingerprint density at radius 2 is 1.86 bits per heavy atom. The highest BCUT2D eigenvalue weighted by Gasteiger charge is 2.29. The van der Waals surface area contributed by atoms with Crippen LogP contribution in [0.2, 0.25) is 0 Å². The molecule has 0 saturated heterocycles. The number of H-pyrrole nitrogens is 1. The maximum atomic E-state index is 12.2. The van der Waals surface area contributed by atoms with Gasteiger partial charge >= 0.3 is 5.69 Å². The SMILES string of the molecule is CC(C)[C@H](C(=O)NO)n1c(O)c(CCCCNC(=O)c2ccccc2)[nH]c1=O. The third kappa shape index (κ3) is 5.01. The molecular formula is C19H26N4O5. The van der Waals surface area contributed by atoms with E-state index in [1.54, 1.807) is 38.1 Å². The summed E-state index contributed by atoms with van der Waals surface area (Å²) in [6.45, 7) is 3.86. The Bertz CT molecular complexity index is 857. The Morgan fingerprint density at radius 3 is 2.46 bits per heavy atom. The van der Waals surface area contributed by atoms with Crippen molar-refractivity contribution < 1.29 is 19.9 Å². The number of rotatable bonds is 9. The molecule has 9 heteroatoms. The molecule has 0 aliphatic rings. The van der Waals surface area contributed by atoms with Crippen LogP contribution in [0.15, 0.2) is 35.1 Å². The first-order valence-corrected chi connectivity index (χ1v) is 9.16. The van der Waals surface area contributed by atoms with Gasteiger partial charge in [0.15, 0.2) is 0 Å². The van der Waals surface area contributed by atoms with Crippen LogP contribution >= 0.6 is 0 Å². The summed E-state index contributed by atoms with van der Waals surface area (Å²) < 4.78 is 0.947. The number of hydroxylamine groups is 1. The zero-order valence-electron chi connectivity index (χ0n) is 15.9. The molecule has 0 fully saturated rings. The van der Waals surface area contributed by atoms with Gasteiger partial charge in [0.1, 0.15) is 6.04 Å². The first kappa shape index (κ1) is 21.2. The molecule has 2 amide bonds. The first-order valence-electron chi connectivity index (χ1n) is 9.16. The molecule has 0 spiro atoms. The number of aromatic nitrogens is 2. The standard InChI is InChI=1S/C19H26N4O5/c1-12(2)15(17(25)22-28)23-18(26)14(21-19(23)27)10-6-7-11-20-16(24)13-8-4-3-5-9-13/h3-5,8-9,12,15,26,28H,6-7,10-11H2,1-2H3,(H,20,24)(H,21,27)(H,22,25)/t15-/m1/s1. The molecule has 0 bridgehead atoms. The summed E-state index contributed by atoms with van der Waals surface area (Å²) in [5.41, 5.74) is 1.81. The average molecular weight is 390 g/mol. The molecule has 0 saturated carbocycles. The van der Waals surface area contributed by atoms with Crippen LogP contribution < -0.4 is 16.5 Å². The van der Waals surface area contributed by atoms with Crippen LogP contribution in [0.3, 0.4) is 0 Å². The number of aromatic amines is 1. The fourth-order valence-electron chi connectivity index (χ4n) is 3.02. The molecule has 2 aromatic rings. The lowest BCUT2D eigenvalue weighted by molar-refractivity contribution is -0.134. The van der Waals surface area contributed by atoms with Gasteiger partial charge in [0.05, 0.1) is 5.69 Å². The fourth-order valence-corrected chi connectivity index (χ4v) is 3.02. The molecule has 0 aliphatic carbocycles. The van der Waals surface area contributed by atoms with Gasteiger partial charge in [0.25, 0.3) is 11.8 Å². The zero-order valence-corrected chi connectivity index (χ0v) is 15.9. The summed E-state index contributed by atoms with van der Waals surface area (Å²) >= 11 is 0. The number of carbonyl (C=O) groups excluding carboxylic acids is 2. The first-order chi connectivity index (χ1) is 13.4. The number of carbonyl (C=O) groups is 2. The summed E-state index contributed by atoms with van der Waals surface area (Å²) in [6, 6.07) is 7.85. The minimum atomic E-state index is -1.03. The van der Waals surface area contributed by atoms with Gasteiger partial charge < -0.3 is 15.4 Å². The Kier molecular flexibility index (Phi) is 7.39. The van der Waals surface area contributed by atoms with Gasteiger partial charge in [0, 0.05) is 12.1 Å². The summed E-state index contributed by atoms with van der Waals surface area (Å²) in [4.78, 5) is 38.6. The Morgan fingerprint density at radius 1 is 1.18 bits per heavy atom. The molecule has 2 rings (SSSR count). The van der Waals surface area contributed by atoms with E-state index in [1.807, 2.05) is 6.07 Å². The minimum Gasteiger partial charge on any atom is -0.493 e. The molecule has 9 nitrogen and oxygen atoms in total. The Hall–Kier alpha value is -3.07. The van der Waals surface area contributed by atoms with Crippen LogP contribution in [0, 0.1) is 5.92 Å². The highest BCUT2D eigenvalue weighted by Crippen LogP contribution is 2.24. The van der Waals surface area contributed by atoms with E-state index in [2.05, 4.69) is 10.3 Å². The van der Waals surface area contributed by atoms with E-state index in [4.69, 9.17) is 5.21 Å².